The minimum Gasteiger partial charge on any atom is -0.379 e. The molecule has 24 heavy (non-hydrogen) atoms. The van der Waals surface area contributed by atoms with E-state index >= 15 is 0 Å². The highest BCUT2D eigenvalue weighted by Crippen LogP contribution is 2.21. The predicted molar refractivity (Wildman–Crippen MR) is 90.1 cm³/mol. The van der Waals surface area contributed by atoms with Crippen LogP contribution in [0.4, 0.5) is 5.69 Å². The molecule has 3 rings (SSSR count). The average molecular weight is 335 g/mol. The summed E-state index contributed by atoms with van der Waals surface area (Å²) in [5, 5.41) is 7.10. The number of nitrogens with one attached hydrogen (secondary N) is 1. The van der Waals surface area contributed by atoms with E-state index in [-0.39, 0.29) is 11.5 Å². The third kappa shape index (κ3) is 4.33. The molecule has 2 fully saturated rings. The van der Waals surface area contributed by atoms with Gasteiger partial charge in [-0.3, -0.25) is 14.5 Å². The van der Waals surface area contributed by atoms with Crippen molar-refractivity contribution >= 4 is 11.6 Å². The van der Waals surface area contributed by atoms with E-state index in [2.05, 4.69) is 20.2 Å². The second-order valence-corrected chi connectivity index (χ2v) is 6.47. The third-order valence-corrected chi connectivity index (χ3v) is 4.66. The number of amides is 1. The summed E-state index contributed by atoms with van der Waals surface area (Å²) < 4.78 is 6.61. The van der Waals surface area contributed by atoms with Crippen molar-refractivity contribution in [1.29, 1.82) is 0 Å². The third-order valence-electron chi connectivity index (χ3n) is 4.66. The largest absolute Gasteiger partial charge is 0.379 e. The SMILES string of the molecule is Cn1ncc(N2CCC(CNC(=O)CN3CCOCC3)C2)cc1=O. The first kappa shape index (κ1) is 16.9. The highest BCUT2D eigenvalue weighted by Gasteiger charge is 2.24. The molecule has 0 spiro atoms. The maximum absolute atomic E-state index is 12.0. The Hall–Kier alpha value is -1.93. The van der Waals surface area contributed by atoms with Gasteiger partial charge >= 0.3 is 0 Å². The molecule has 2 saturated heterocycles. The Kier molecular flexibility index (Phi) is 5.47. The summed E-state index contributed by atoms with van der Waals surface area (Å²) in [6, 6.07) is 1.62. The lowest BCUT2D eigenvalue weighted by atomic mass is 10.1. The van der Waals surface area contributed by atoms with Gasteiger partial charge in [-0.25, -0.2) is 4.68 Å². The van der Waals surface area contributed by atoms with Gasteiger partial charge in [-0.2, -0.15) is 5.10 Å². The number of carbonyl (C=O) groups excluding carboxylic acids is 1. The summed E-state index contributed by atoms with van der Waals surface area (Å²) >= 11 is 0. The van der Waals surface area contributed by atoms with Crippen LogP contribution in [0.15, 0.2) is 17.1 Å². The Morgan fingerprint density at radius 3 is 2.92 bits per heavy atom. The lowest BCUT2D eigenvalue weighted by molar-refractivity contribution is -0.123. The number of rotatable bonds is 5. The quantitative estimate of drug-likeness (QED) is 0.748. The minimum atomic E-state index is -0.102. The molecule has 2 aliphatic rings. The zero-order chi connectivity index (χ0) is 16.9. The summed E-state index contributed by atoms with van der Waals surface area (Å²) in [5.41, 5.74) is 0.759. The Morgan fingerprint density at radius 2 is 2.17 bits per heavy atom. The number of hydrogen-bond acceptors (Lipinski definition) is 6. The standard InChI is InChI=1S/C16H25N5O3/c1-19-16(23)8-14(10-18-19)21-3-2-13(11-21)9-17-15(22)12-20-4-6-24-7-5-20/h8,10,13H,2-7,9,11-12H2,1H3,(H,17,22). The number of anilines is 1. The molecule has 132 valence electrons. The highest BCUT2D eigenvalue weighted by molar-refractivity contribution is 5.78. The van der Waals surface area contributed by atoms with Crippen LogP contribution in [0.1, 0.15) is 6.42 Å². The smallest absolute Gasteiger partial charge is 0.268 e. The molecule has 3 heterocycles. The number of aromatic nitrogens is 2. The highest BCUT2D eigenvalue weighted by atomic mass is 16.5. The molecule has 1 aromatic heterocycles. The summed E-state index contributed by atoms with van der Waals surface area (Å²) in [4.78, 5) is 28.0. The van der Waals surface area contributed by atoms with Gasteiger partial charge in [0.1, 0.15) is 0 Å². The van der Waals surface area contributed by atoms with Crippen LogP contribution >= 0.6 is 0 Å². The molecule has 1 aromatic rings. The van der Waals surface area contributed by atoms with E-state index in [1.54, 1.807) is 19.3 Å². The first-order valence-electron chi connectivity index (χ1n) is 8.47. The van der Waals surface area contributed by atoms with Gasteiger partial charge in [0.25, 0.3) is 5.56 Å². The number of morpholine rings is 1. The van der Waals surface area contributed by atoms with Crippen molar-refractivity contribution in [1.82, 2.24) is 20.0 Å². The second kappa shape index (κ2) is 7.76. The Morgan fingerprint density at radius 1 is 1.38 bits per heavy atom. The molecule has 0 aliphatic carbocycles. The lowest BCUT2D eigenvalue weighted by Crippen LogP contribution is -2.44. The monoisotopic (exact) mass is 335 g/mol. The van der Waals surface area contributed by atoms with Crippen LogP contribution in [0.3, 0.4) is 0 Å². The van der Waals surface area contributed by atoms with Crippen LogP contribution in [0.2, 0.25) is 0 Å². The molecule has 0 aromatic carbocycles. The summed E-state index contributed by atoms with van der Waals surface area (Å²) in [6.07, 6.45) is 2.73. The van der Waals surface area contributed by atoms with E-state index in [4.69, 9.17) is 4.74 Å². The fraction of sp³-hybridized carbons (Fsp3) is 0.688. The van der Waals surface area contributed by atoms with E-state index in [1.165, 1.54) is 4.68 Å². The van der Waals surface area contributed by atoms with Gasteiger partial charge in [0, 0.05) is 45.8 Å². The van der Waals surface area contributed by atoms with E-state index in [0.29, 0.717) is 32.2 Å². The molecule has 0 radical (unpaired) electrons. The van der Waals surface area contributed by atoms with Gasteiger partial charge < -0.3 is 15.0 Å². The Balaban J connectivity index is 1.43. The molecule has 0 bridgehead atoms. The van der Waals surface area contributed by atoms with Crippen molar-refractivity contribution in [2.24, 2.45) is 13.0 Å². The zero-order valence-corrected chi connectivity index (χ0v) is 14.1. The summed E-state index contributed by atoms with van der Waals surface area (Å²) in [6.45, 7) is 5.90. The maximum Gasteiger partial charge on any atom is 0.268 e. The summed E-state index contributed by atoms with van der Waals surface area (Å²) in [5.74, 6) is 0.480. The van der Waals surface area contributed by atoms with Gasteiger partial charge in [0.05, 0.1) is 31.6 Å². The maximum atomic E-state index is 12.0. The Bertz CT molecular complexity index is 626. The molecule has 1 unspecified atom stereocenters. The minimum absolute atomic E-state index is 0.0746. The molecular formula is C16H25N5O3. The van der Waals surface area contributed by atoms with E-state index in [0.717, 1.165) is 38.3 Å². The van der Waals surface area contributed by atoms with Crippen molar-refractivity contribution in [3.05, 3.63) is 22.6 Å². The molecule has 1 amide bonds. The fourth-order valence-corrected chi connectivity index (χ4v) is 3.14. The van der Waals surface area contributed by atoms with Gasteiger partial charge in [0.2, 0.25) is 5.91 Å². The molecular weight excluding hydrogens is 310 g/mol. The number of hydrogen-bond donors (Lipinski definition) is 1. The Labute approximate surface area is 141 Å². The number of aryl methyl sites for hydroxylation is 1. The molecule has 2 aliphatic heterocycles. The zero-order valence-electron chi connectivity index (χ0n) is 14.1. The van der Waals surface area contributed by atoms with Gasteiger partial charge in [-0.1, -0.05) is 0 Å². The van der Waals surface area contributed by atoms with Gasteiger partial charge in [-0.15, -0.1) is 0 Å². The average Bonchev–Trinajstić information content (AvgIpc) is 3.05. The van der Waals surface area contributed by atoms with Gasteiger partial charge in [0.15, 0.2) is 0 Å². The second-order valence-electron chi connectivity index (χ2n) is 6.47. The fourth-order valence-electron chi connectivity index (χ4n) is 3.14. The van der Waals surface area contributed by atoms with Crippen molar-refractivity contribution < 1.29 is 9.53 Å². The molecule has 8 heteroatoms. The van der Waals surface area contributed by atoms with Crippen LogP contribution in [0.25, 0.3) is 0 Å². The molecule has 0 saturated carbocycles. The molecule has 8 nitrogen and oxygen atoms in total. The van der Waals surface area contributed by atoms with E-state index < -0.39 is 0 Å². The van der Waals surface area contributed by atoms with Crippen LogP contribution in [0, 0.1) is 5.92 Å². The van der Waals surface area contributed by atoms with Crippen LogP contribution < -0.4 is 15.8 Å². The number of ether oxygens (including phenoxy) is 1. The first-order chi connectivity index (χ1) is 11.6. The molecule has 1 N–H and O–H groups in total. The van der Waals surface area contributed by atoms with Crippen LogP contribution in [-0.2, 0) is 16.6 Å². The summed E-state index contributed by atoms with van der Waals surface area (Å²) in [7, 11) is 1.64. The molecule has 1 atom stereocenters. The predicted octanol–water partition coefficient (Wildman–Crippen LogP) is -0.945. The van der Waals surface area contributed by atoms with Crippen LogP contribution in [0.5, 0.6) is 0 Å². The first-order valence-corrected chi connectivity index (χ1v) is 8.47. The number of carbonyl (C=O) groups is 1. The van der Waals surface area contributed by atoms with Crippen molar-refractivity contribution in [3.63, 3.8) is 0 Å². The van der Waals surface area contributed by atoms with E-state index in [1.807, 2.05) is 0 Å². The van der Waals surface area contributed by atoms with Crippen molar-refractivity contribution in [3.8, 4) is 0 Å². The van der Waals surface area contributed by atoms with Gasteiger partial charge in [-0.05, 0) is 12.3 Å². The van der Waals surface area contributed by atoms with E-state index in [9.17, 15) is 9.59 Å². The normalized spacial score (nSPS) is 21.9. The number of nitrogens with zero attached hydrogens (tertiary/aromatic N) is 4. The van der Waals surface area contributed by atoms with Crippen molar-refractivity contribution in [2.75, 3.05) is 57.4 Å². The van der Waals surface area contributed by atoms with Crippen LogP contribution in [-0.4, -0.2) is 73.1 Å². The lowest BCUT2D eigenvalue weighted by Gasteiger charge is -2.26. The topological polar surface area (TPSA) is 79.7 Å². The van der Waals surface area contributed by atoms with Crippen molar-refractivity contribution in [2.45, 2.75) is 6.42 Å².